The Morgan fingerprint density at radius 2 is 1.89 bits per heavy atom. The van der Waals surface area contributed by atoms with Crippen LogP contribution in [-0.4, -0.2) is 38.0 Å². The number of pyridine rings is 1. The maximum Gasteiger partial charge on any atom is 0.406 e. The molecule has 11 heteroatoms. The van der Waals surface area contributed by atoms with E-state index in [0.717, 1.165) is 17.6 Å². The standard InChI is InChI=1S/C26H33F3N6O2/c1-17(2)12-30-13-18-9-21(24(37)35(14-18)15-26(27,28)29)23(36)32-20-8-6-7-19(10-20)25(3,4)11-22-33-31-16-34(22)5/h6-10,14,16-17,30H,11-13,15H2,1-5H3,(H,32,36). The lowest BCUT2D eigenvalue weighted by Crippen LogP contribution is -2.34. The Balaban J connectivity index is 1.87. The molecule has 2 heterocycles. The number of carbonyl (C=O) groups excluding carboxylic acids is 1. The first-order chi connectivity index (χ1) is 17.2. The Labute approximate surface area is 213 Å². The Hall–Kier alpha value is -3.47. The molecule has 3 rings (SSSR count). The van der Waals surface area contributed by atoms with Crippen LogP contribution in [0.5, 0.6) is 0 Å². The molecule has 0 aliphatic carbocycles. The predicted octanol–water partition coefficient (Wildman–Crippen LogP) is 4.06. The summed E-state index contributed by atoms with van der Waals surface area (Å²) in [6.45, 7) is 7.45. The molecular weight excluding hydrogens is 485 g/mol. The zero-order valence-corrected chi connectivity index (χ0v) is 21.7. The van der Waals surface area contributed by atoms with Crippen LogP contribution in [-0.2, 0) is 32.0 Å². The molecule has 2 aromatic heterocycles. The third-order valence-corrected chi connectivity index (χ3v) is 5.93. The zero-order chi connectivity index (χ0) is 27.4. The number of aromatic nitrogens is 4. The summed E-state index contributed by atoms with van der Waals surface area (Å²) >= 11 is 0. The van der Waals surface area contributed by atoms with E-state index in [0.29, 0.717) is 34.7 Å². The average molecular weight is 519 g/mol. The van der Waals surface area contributed by atoms with E-state index in [1.807, 2.05) is 45.4 Å². The number of rotatable bonds is 10. The van der Waals surface area contributed by atoms with Gasteiger partial charge in [-0.05, 0) is 47.2 Å². The van der Waals surface area contributed by atoms with Crippen LogP contribution >= 0.6 is 0 Å². The van der Waals surface area contributed by atoms with Gasteiger partial charge in [0.05, 0.1) is 0 Å². The second-order valence-electron chi connectivity index (χ2n) is 10.3. The summed E-state index contributed by atoms with van der Waals surface area (Å²) in [5.41, 5.74) is 0.0440. The number of hydrogen-bond donors (Lipinski definition) is 2. The van der Waals surface area contributed by atoms with E-state index in [1.165, 1.54) is 6.07 Å². The van der Waals surface area contributed by atoms with Gasteiger partial charge in [0.25, 0.3) is 11.5 Å². The maximum absolute atomic E-state index is 13.1. The van der Waals surface area contributed by atoms with Crippen LogP contribution in [0, 0.1) is 5.92 Å². The molecule has 0 aliphatic heterocycles. The molecule has 1 aromatic carbocycles. The molecule has 0 saturated heterocycles. The number of halogens is 3. The van der Waals surface area contributed by atoms with Crippen molar-refractivity contribution >= 4 is 11.6 Å². The van der Waals surface area contributed by atoms with Crippen LogP contribution in [0.25, 0.3) is 0 Å². The third-order valence-electron chi connectivity index (χ3n) is 5.93. The molecule has 1 amide bonds. The molecule has 0 fully saturated rings. The number of amides is 1. The highest BCUT2D eigenvalue weighted by molar-refractivity contribution is 6.04. The van der Waals surface area contributed by atoms with Crippen molar-refractivity contribution in [2.24, 2.45) is 13.0 Å². The second-order valence-corrected chi connectivity index (χ2v) is 10.3. The van der Waals surface area contributed by atoms with E-state index in [1.54, 1.807) is 24.5 Å². The van der Waals surface area contributed by atoms with Gasteiger partial charge in [-0.15, -0.1) is 10.2 Å². The zero-order valence-electron chi connectivity index (χ0n) is 21.7. The Kier molecular flexibility index (Phi) is 8.57. The van der Waals surface area contributed by atoms with Gasteiger partial charge in [-0.3, -0.25) is 9.59 Å². The first kappa shape index (κ1) is 28.1. The van der Waals surface area contributed by atoms with E-state index in [9.17, 15) is 22.8 Å². The van der Waals surface area contributed by atoms with Crippen molar-refractivity contribution in [1.29, 1.82) is 0 Å². The summed E-state index contributed by atoms with van der Waals surface area (Å²) in [5, 5.41) is 13.9. The molecule has 8 nitrogen and oxygen atoms in total. The van der Waals surface area contributed by atoms with Crippen LogP contribution in [0.3, 0.4) is 0 Å². The fourth-order valence-electron chi connectivity index (χ4n) is 3.95. The predicted molar refractivity (Wildman–Crippen MR) is 135 cm³/mol. The molecule has 0 unspecified atom stereocenters. The second kappa shape index (κ2) is 11.3. The van der Waals surface area contributed by atoms with E-state index < -0.39 is 24.2 Å². The molecule has 0 aliphatic rings. The van der Waals surface area contributed by atoms with Crippen LogP contribution < -0.4 is 16.2 Å². The molecular formula is C26H33F3N6O2. The number of aryl methyl sites for hydroxylation is 1. The highest BCUT2D eigenvalue weighted by Crippen LogP contribution is 2.29. The number of anilines is 1. The summed E-state index contributed by atoms with van der Waals surface area (Å²) in [7, 11) is 1.86. The van der Waals surface area contributed by atoms with E-state index in [-0.39, 0.29) is 17.5 Å². The molecule has 0 atom stereocenters. The van der Waals surface area contributed by atoms with Crippen molar-refractivity contribution in [2.45, 2.75) is 58.8 Å². The molecule has 2 N–H and O–H groups in total. The van der Waals surface area contributed by atoms with Crippen molar-refractivity contribution in [3.05, 3.63) is 75.7 Å². The average Bonchev–Trinajstić information content (AvgIpc) is 3.18. The molecule has 3 aromatic rings. The monoisotopic (exact) mass is 518 g/mol. The van der Waals surface area contributed by atoms with Crippen molar-refractivity contribution in [3.63, 3.8) is 0 Å². The molecule has 0 saturated carbocycles. The summed E-state index contributed by atoms with van der Waals surface area (Å²) in [6, 6.07) is 8.50. The maximum atomic E-state index is 13.1. The normalized spacial score (nSPS) is 12.2. The Morgan fingerprint density at radius 1 is 1.16 bits per heavy atom. The topological polar surface area (TPSA) is 93.8 Å². The SMILES string of the molecule is CC(C)CNCc1cc(C(=O)Nc2cccc(C(C)(C)Cc3nncn3C)c2)c(=O)n(CC(F)(F)F)c1. The van der Waals surface area contributed by atoms with E-state index in [2.05, 4.69) is 20.8 Å². The number of hydrogen-bond acceptors (Lipinski definition) is 5. The van der Waals surface area contributed by atoms with Crippen LogP contribution in [0.15, 0.2) is 47.7 Å². The molecule has 0 spiro atoms. The summed E-state index contributed by atoms with van der Waals surface area (Å²) in [6.07, 6.45) is -1.24. The van der Waals surface area contributed by atoms with Gasteiger partial charge in [0.2, 0.25) is 0 Å². The first-order valence-electron chi connectivity index (χ1n) is 12.0. The molecule has 0 bridgehead atoms. The number of carbonyl (C=O) groups is 1. The molecule has 0 radical (unpaired) electrons. The number of alkyl halides is 3. The molecule has 200 valence electrons. The smallest absolute Gasteiger partial charge is 0.322 e. The third kappa shape index (κ3) is 7.75. The van der Waals surface area contributed by atoms with Gasteiger partial charge in [-0.2, -0.15) is 13.2 Å². The minimum Gasteiger partial charge on any atom is -0.322 e. The number of nitrogens with zero attached hydrogens (tertiary/aromatic N) is 4. The van der Waals surface area contributed by atoms with Gasteiger partial charge in [0.1, 0.15) is 24.3 Å². The van der Waals surface area contributed by atoms with Crippen molar-refractivity contribution in [1.82, 2.24) is 24.6 Å². The molecule has 37 heavy (non-hydrogen) atoms. The number of benzene rings is 1. The Bertz CT molecular complexity index is 1290. The van der Waals surface area contributed by atoms with Gasteiger partial charge < -0.3 is 19.8 Å². The first-order valence-corrected chi connectivity index (χ1v) is 12.0. The summed E-state index contributed by atoms with van der Waals surface area (Å²) < 4.78 is 41.7. The minimum absolute atomic E-state index is 0.225. The van der Waals surface area contributed by atoms with Crippen molar-refractivity contribution < 1.29 is 18.0 Å². The lowest BCUT2D eigenvalue weighted by Gasteiger charge is -2.25. The summed E-state index contributed by atoms with van der Waals surface area (Å²) in [5.74, 6) is 0.358. The van der Waals surface area contributed by atoms with E-state index >= 15 is 0 Å². The minimum atomic E-state index is -4.61. The largest absolute Gasteiger partial charge is 0.406 e. The van der Waals surface area contributed by atoms with Crippen LogP contribution in [0.4, 0.5) is 18.9 Å². The van der Waals surface area contributed by atoms with Crippen molar-refractivity contribution in [3.8, 4) is 0 Å². The van der Waals surface area contributed by atoms with Gasteiger partial charge in [0, 0.05) is 31.9 Å². The van der Waals surface area contributed by atoms with Crippen molar-refractivity contribution in [2.75, 3.05) is 11.9 Å². The van der Waals surface area contributed by atoms with E-state index in [4.69, 9.17) is 0 Å². The van der Waals surface area contributed by atoms with Crippen LogP contribution in [0.1, 0.15) is 55.0 Å². The fourth-order valence-corrected chi connectivity index (χ4v) is 3.95. The highest BCUT2D eigenvalue weighted by atomic mass is 19.4. The highest BCUT2D eigenvalue weighted by Gasteiger charge is 2.30. The van der Waals surface area contributed by atoms with Gasteiger partial charge in [-0.1, -0.05) is 39.8 Å². The lowest BCUT2D eigenvalue weighted by atomic mass is 9.81. The quantitative estimate of drug-likeness (QED) is 0.422. The number of nitrogens with one attached hydrogen (secondary N) is 2. The summed E-state index contributed by atoms with van der Waals surface area (Å²) in [4.78, 5) is 25.9. The van der Waals surface area contributed by atoms with Gasteiger partial charge in [0.15, 0.2) is 0 Å². The van der Waals surface area contributed by atoms with Gasteiger partial charge in [-0.25, -0.2) is 0 Å². The Morgan fingerprint density at radius 3 is 2.51 bits per heavy atom. The fraction of sp³-hybridized carbons (Fsp3) is 0.462. The lowest BCUT2D eigenvalue weighted by molar-refractivity contribution is -0.141. The van der Waals surface area contributed by atoms with Gasteiger partial charge >= 0.3 is 6.18 Å². The van der Waals surface area contributed by atoms with Crippen LogP contribution in [0.2, 0.25) is 0 Å².